The van der Waals surface area contributed by atoms with Crippen molar-refractivity contribution in [1.82, 2.24) is 10.3 Å². The Morgan fingerprint density at radius 1 is 1.21 bits per heavy atom. The van der Waals surface area contributed by atoms with E-state index in [0.29, 0.717) is 0 Å². The van der Waals surface area contributed by atoms with E-state index in [2.05, 4.69) is 15.0 Å². The second kappa shape index (κ2) is 7.65. The minimum absolute atomic E-state index is 0.0132. The van der Waals surface area contributed by atoms with Gasteiger partial charge in [-0.05, 0) is 41.5 Å². The van der Waals surface area contributed by atoms with Gasteiger partial charge in [0.05, 0.1) is 19.3 Å². The predicted octanol–water partition coefficient (Wildman–Crippen LogP) is 2.84. The van der Waals surface area contributed by atoms with Crippen molar-refractivity contribution < 1.29 is 28.2 Å². The van der Waals surface area contributed by atoms with E-state index in [1.54, 1.807) is 20.8 Å². The van der Waals surface area contributed by atoms with Gasteiger partial charge in [-0.15, -0.1) is 0 Å². The molecule has 8 nitrogen and oxygen atoms in total. The van der Waals surface area contributed by atoms with E-state index >= 15 is 0 Å². The molecule has 0 bridgehead atoms. The fraction of sp³-hybridized carbons (Fsp3) is 0.688. The zero-order valence-corrected chi connectivity index (χ0v) is 15.3. The molecule has 1 heterocycles. The standard InChI is InChI=1S/C16H26N2O6/c1-15(2,3)23-9-10(18-14(20)24-16(4,5)6)12-17-11(8-22-12)13(19)21-7/h8,10H,9H2,1-7H3,(H,18,20)/t10-/m0/s1. The van der Waals surface area contributed by atoms with Gasteiger partial charge in [0.1, 0.15) is 17.9 Å². The molecule has 1 atom stereocenters. The number of carbonyl (C=O) groups excluding carboxylic acids is 2. The zero-order valence-electron chi connectivity index (χ0n) is 15.3. The normalized spacial score (nSPS) is 13.3. The molecule has 0 spiro atoms. The molecule has 24 heavy (non-hydrogen) atoms. The number of nitrogens with one attached hydrogen (secondary N) is 1. The summed E-state index contributed by atoms with van der Waals surface area (Å²) in [7, 11) is 1.25. The first-order valence-electron chi connectivity index (χ1n) is 7.58. The third kappa shape index (κ3) is 6.99. The van der Waals surface area contributed by atoms with Crippen molar-refractivity contribution >= 4 is 12.1 Å². The van der Waals surface area contributed by atoms with Crippen LogP contribution in [0.5, 0.6) is 0 Å². The maximum Gasteiger partial charge on any atom is 0.408 e. The van der Waals surface area contributed by atoms with E-state index in [4.69, 9.17) is 13.9 Å². The molecule has 0 aromatic carbocycles. The van der Waals surface area contributed by atoms with Gasteiger partial charge in [-0.2, -0.15) is 0 Å². The first-order chi connectivity index (χ1) is 10.9. The lowest BCUT2D eigenvalue weighted by molar-refractivity contribution is -0.0207. The molecule has 0 aliphatic carbocycles. The number of hydrogen-bond acceptors (Lipinski definition) is 7. The van der Waals surface area contributed by atoms with Gasteiger partial charge in [0.25, 0.3) is 0 Å². The SMILES string of the molecule is COC(=O)c1coc([C@H](COC(C)(C)C)NC(=O)OC(C)(C)C)n1. The molecule has 0 saturated heterocycles. The largest absolute Gasteiger partial charge is 0.464 e. The van der Waals surface area contributed by atoms with Crippen molar-refractivity contribution in [3.05, 3.63) is 17.8 Å². The number of carbonyl (C=O) groups is 2. The lowest BCUT2D eigenvalue weighted by Crippen LogP contribution is -2.38. The smallest absolute Gasteiger partial charge is 0.408 e. The summed E-state index contributed by atoms with van der Waals surface area (Å²) in [5.41, 5.74) is -1.06. The van der Waals surface area contributed by atoms with E-state index in [-0.39, 0.29) is 18.2 Å². The van der Waals surface area contributed by atoms with Crippen LogP contribution in [0.25, 0.3) is 0 Å². The van der Waals surface area contributed by atoms with Crippen LogP contribution in [0, 0.1) is 0 Å². The quantitative estimate of drug-likeness (QED) is 0.821. The lowest BCUT2D eigenvalue weighted by atomic mass is 10.2. The van der Waals surface area contributed by atoms with E-state index in [1.807, 2.05) is 20.8 Å². The van der Waals surface area contributed by atoms with Crippen LogP contribution < -0.4 is 5.32 Å². The Hall–Kier alpha value is -2.09. The van der Waals surface area contributed by atoms with Crippen LogP contribution in [0.4, 0.5) is 4.79 Å². The third-order valence-corrected chi connectivity index (χ3v) is 2.59. The van der Waals surface area contributed by atoms with Gasteiger partial charge < -0.3 is 23.9 Å². The number of ether oxygens (including phenoxy) is 3. The average molecular weight is 342 g/mol. The van der Waals surface area contributed by atoms with Crippen LogP contribution in [0.2, 0.25) is 0 Å². The Kier molecular flexibility index (Phi) is 6.36. The molecular weight excluding hydrogens is 316 g/mol. The van der Waals surface area contributed by atoms with Crippen LogP contribution in [0.1, 0.15) is 64.0 Å². The van der Waals surface area contributed by atoms with Crippen molar-refractivity contribution in [2.24, 2.45) is 0 Å². The first-order valence-corrected chi connectivity index (χ1v) is 7.58. The van der Waals surface area contributed by atoms with Gasteiger partial charge in [-0.25, -0.2) is 14.6 Å². The van der Waals surface area contributed by atoms with Crippen molar-refractivity contribution in [3.8, 4) is 0 Å². The molecule has 0 radical (unpaired) electrons. The number of oxazole rings is 1. The number of nitrogens with zero attached hydrogens (tertiary/aromatic N) is 1. The Labute approximate surface area is 141 Å². The molecule has 0 aliphatic rings. The van der Waals surface area contributed by atoms with Gasteiger partial charge in [-0.1, -0.05) is 0 Å². The number of rotatable bonds is 5. The number of methoxy groups -OCH3 is 1. The Morgan fingerprint density at radius 3 is 2.33 bits per heavy atom. The number of amides is 1. The van der Waals surface area contributed by atoms with Crippen LogP contribution in [0.3, 0.4) is 0 Å². The molecule has 8 heteroatoms. The van der Waals surface area contributed by atoms with Gasteiger partial charge in [0.15, 0.2) is 5.69 Å². The topological polar surface area (TPSA) is 99.9 Å². The highest BCUT2D eigenvalue weighted by Gasteiger charge is 2.27. The van der Waals surface area contributed by atoms with Crippen molar-refractivity contribution in [2.45, 2.75) is 58.8 Å². The maximum atomic E-state index is 12.0. The maximum absolute atomic E-state index is 12.0. The second-order valence-corrected chi connectivity index (χ2v) is 7.18. The minimum Gasteiger partial charge on any atom is -0.464 e. The minimum atomic E-state index is -0.711. The lowest BCUT2D eigenvalue weighted by Gasteiger charge is -2.25. The van der Waals surface area contributed by atoms with Gasteiger partial charge in [-0.3, -0.25) is 0 Å². The second-order valence-electron chi connectivity index (χ2n) is 7.18. The summed E-state index contributed by atoms with van der Waals surface area (Å²) >= 11 is 0. The van der Waals surface area contributed by atoms with E-state index < -0.39 is 29.3 Å². The Morgan fingerprint density at radius 2 is 1.83 bits per heavy atom. The number of aromatic nitrogens is 1. The monoisotopic (exact) mass is 342 g/mol. The van der Waals surface area contributed by atoms with E-state index in [1.165, 1.54) is 13.4 Å². The summed E-state index contributed by atoms with van der Waals surface area (Å²) in [5, 5.41) is 2.64. The average Bonchev–Trinajstić information content (AvgIpc) is 2.89. The van der Waals surface area contributed by atoms with Crippen LogP contribution >= 0.6 is 0 Å². The molecule has 0 fully saturated rings. The molecule has 1 amide bonds. The summed E-state index contributed by atoms with van der Waals surface area (Å²) in [4.78, 5) is 27.5. The number of hydrogen-bond donors (Lipinski definition) is 1. The summed E-state index contributed by atoms with van der Waals surface area (Å²) in [6.07, 6.45) is 0.532. The molecule has 1 aromatic heterocycles. The Balaban J connectivity index is 2.90. The summed E-state index contributed by atoms with van der Waals surface area (Å²) in [6.45, 7) is 11.0. The van der Waals surface area contributed by atoms with E-state index in [9.17, 15) is 9.59 Å². The van der Waals surface area contributed by atoms with Crippen LogP contribution in [0.15, 0.2) is 10.7 Å². The van der Waals surface area contributed by atoms with Gasteiger partial charge >= 0.3 is 12.1 Å². The summed E-state index contributed by atoms with van der Waals surface area (Å²) in [6, 6.07) is -0.711. The summed E-state index contributed by atoms with van der Waals surface area (Å²) < 4.78 is 20.8. The third-order valence-electron chi connectivity index (χ3n) is 2.59. The first kappa shape index (κ1) is 20.0. The number of esters is 1. The fourth-order valence-electron chi connectivity index (χ4n) is 1.60. The fourth-order valence-corrected chi connectivity index (χ4v) is 1.60. The molecule has 0 saturated carbocycles. The van der Waals surface area contributed by atoms with Crippen LogP contribution in [-0.4, -0.2) is 42.0 Å². The van der Waals surface area contributed by atoms with Gasteiger partial charge in [0, 0.05) is 0 Å². The summed E-state index contributed by atoms with van der Waals surface area (Å²) in [5.74, 6) is -0.497. The number of alkyl carbamates (subject to hydrolysis) is 1. The van der Waals surface area contributed by atoms with Crippen molar-refractivity contribution in [1.29, 1.82) is 0 Å². The molecule has 1 aromatic rings. The highest BCUT2D eigenvalue weighted by Crippen LogP contribution is 2.18. The highest BCUT2D eigenvalue weighted by molar-refractivity contribution is 5.86. The molecule has 0 aliphatic heterocycles. The van der Waals surface area contributed by atoms with E-state index in [0.717, 1.165) is 0 Å². The molecule has 1 N–H and O–H groups in total. The zero-order chi connectivity index (χ0) is 18.5. The predicted molar refractivity (Wildman–Crippen MR) is 85.7 cm³/mol. The molecule has 0 unspecified atom stereocenters. The molecule has 1 rings (SSSR count). The van der Waals surface area contributed by atoms with Crippen LogP contribution in [-0.2, 0) is 14.2 Å². The molecule has 136 valence electrons. The van der Waals surface area contributed by atoms with Crippen molar-refractivity contribution in [2.75, 3.05) is 13.7 Å². The van der Waals surface area contributed by atoms with Crippen molar-refractivity contribution in [3.63, 3.8) is 0 Å². The van der Waals surface area contributed by atoms with Gasteiger partial charge in [0.2, 0.25) is 5.89 Å². The molecular formula is C16H26N2O6. The Bertz CT molecular complexity index is 568. The highest BCUT2D eigenvalue weighted by atomic mass is 16.6.